The van der Waals surface area contributed by atoms with Crippen molar-refractivity contribution < 1.29 is 9.18 Å². The van der Waals surface area contributed by atoms with Crippen LogP contribution in [0, 0.1) is 5.82 Å². The van der Waals surface area contributed by atoms with Crippen molar-refractivity contribution in [1.29, 1.82) is 0 Å². The van der Waals surface area contributed by atoms with Crippen LogP contribution in [-0.4, -0.2) is 15.7 Å². The molecule has 1 aromatic carbocycles. The molecule has 100 valence electrons. The number of anilines is 1. The van der Waals surface area contributed by atoms with Gasteiger partial charge in [-0.3, -0.25) is 9.48 Å². The lowest BCUT2D eigenvalue weighted by Gasteiger charge is -2.05. The fraction of sp³-hybridized carbons (Fsp3) is 0.231. The Labute approximate surface area is 110 Å². The number of nitrogens with one attached hydrogen (secondary N) is 1. The van der Waals surface area contributed by atoms with Crippen LogP contribution in [0.1, 0.15) is 11.1 Å². The molecule has 0 aliphatic heterocycles. The Hall–Kier alpha value is -2.37. The SMILES string of the molecule is Cn1ncc(CNC(=O)Cc2ccc(F)cc2)c1N. The molecule has 6 heteroatoms. The third kappa shape index (κ3) is 3.31. The Balaban J connectivity index is 1.88. The van der Waals surface area contributed by atoms with E-state index in [4.69, 9.17) is 5.73 Å². The maximum atomic E-state index is 12.7. The van der Waals surface area contributed by atoms with E-state index < -0.39 is 0 Å². The molecule has 0 spiro atoms. The number of carbonyl (C=O) groups is 1. The zero-order valence-electron chi connectivity index (χ0n) is 10.6. The van der Waals surface area contributed by atoms with Gasteiger partial charge in [-0.1, -0.05) is 12.1 Å². The molecule has 0 radical (unpaired) electrons. The summed E-state index contributed by atoms with van der Waals surface area (Å²) in [5.74, 6) is 0.0734. The van der Waals surface area contributed by atoms with E-state index in [9.17, 15) is 9.18 Å². The summed E-state index contributed by atoms with van der Waals surface area (Å²) in [5, 5.41) is 6.74. The number of halogens is 1. The van der Waals surface area contributed by atoms with Crippen molar-refractivity contribution >= 4 is 11.7 Å². The molecule has 0 saturated carbocycles. The normalized spacial score (nSPS) is 10.4. The van der Waals surface area contributed by atoms with Crippen LogP contribution in [0.5, 0.6) is 0 Å². The first-order valence-corrected chi connectivity index (χ1v) is 5.84. The van der Waals surface area contributed by atoms with Gasteiger partial charge >= 0.3 is 0 Å². The molecule has 5 nitrogen and oxygen atoms in total. The lowest BCUT2D eigenvalue weighted by atomic mass is 10.1. The minimum absolute atomic E-state index is 0.144. The predicted octanol–water partition coefficient (Wildman–Crippen LogP) is 1.00. The van der Waals surface area contributed by atoms with Crippen LogP contribution < -0.4 is 11.1 Å². The minimum Gasteiger partial charge on any atom is -0.384 e. The Kier molecular flexibility index (Phi) is 3.79. The molecule has 1 heterocycles. The molecule has 0 atom stereocenters. The number of hydrogen-bond donors (Lipinski definition) is 2. The summed E-state index contributed by atoms with van der Waals surface area (Å²) in [6, 6.07) is 5.85. The zero-order valence-corrected chi connectivity index (χ0v) is 10.6. The van der Waals surface area contributed by atoms with Crippen LogP contribution in [0.3, 0.4) is 0 Å². The number of aryl methyl sites for hydroxylation is 1. The van der Waals surface area contributed by atoms with Gasteiger partial charge in [0, 0.05) is 19.2 Å². The molecule has 0 aliphatic carbocycles. The standard InChI is InChI=1S/C13H15FN4O/c1-18-13(15)10(8-17-18)7-16-12(19)6-9-2-4-11(14)5-3-9/h2-5,8H,6-7,15H2,1H3,(H,16,19). The highest BCUT2D eigenvalue weighted by Crippen LogP contribution is 2.08. The Bertz CT molecular complexity index is 577. The highest BCUT2D eigenvalue weighted by molar-refractivity contribution is 5.78. The maximum Gasteiger partial charge on any atom is 0.224 e. The number of hydrogen-bond acceptors (Lipinski definition) is 3. The summed E-state index contributed by atoms with van der Waals surface area (Å²) >= 11 is 0. The first-order valence-electron chi connectivity index (χ1n) is 5.84. The highest BCUT2D eigenvalue weighted by Gasteiger charge is 2.07. The van der Waals surface area contributed by atoms with Crippen LogP contribution in [0.2, 0.25) is 0 Å². The van der Waals surface area contributed by atoms with E-state index in [0.717, 1.165) is 11.1 Å². The third-order valence-electron chi connectivity index (χ3n) is 2.82. The van der Waals surface area contributed by atoms with Gasteiger partial charge in [0.2, 0.25) is 5.91 Å². The van der Waals surface area contributed by atoms with Gasteiger partial charge in [0.1, 0.15) is 11.6 Å². The van der Waals surface area contributed by atoms with Crippen molar-refractivity contribution in [3.05, 3.63) is 47.4 Å². The van der Waals surface area contributed by atoms with Gasteiger partial charge in [-0.05, 0) is 17.7 Å². The predicted molar refractivity (Wildman–Crippen MR) is 69.6 cm³/mol. The lowest BCUT2D eigenvalue weighted by molar-refractivity contribution is -0.120. The van der Waals surface area contributed by atoms with E-state index in [1.54, 1.807) is 30.1 Å². The number of nitrogen functional groups attached to an aromatic ring is 1. The van der Waals surface area contributed by atoms with E-state index in [1.807, 2.05) is 0 Å². The van der Waals surface area contributed by atoms with Crippen molar-refractivity contribution in [1.82, 2.24) is 15.1 Å². The number of aromatic nitrogens is 2. The van der Waals surface area contributed by atoms with Crippen molar-refractivity contribution in [2.24, 2.45) is 7.05 Å². The second-order valence-corrected chi connectivity index (χ2v) is 4.26. The number of nitrogens with two attached hydrogens (primary N) is 1. The molecule has 1 amide bonds. The molecule has 0 aliphatic rings. The Morgan fingerprint density at radius 3 is 2.68 bits per heavy atom. The van der Waals surface area contributed by atoms with Crippen LogP contribution >= 0.6 is 0 Å². The van der Waals surface area contributed by atoms with Crippen LogP contribution in [0.25, 0.3) is 0 Å². The summed E-state index contributed by atoms with van der Waals surface area (Å²) in [5.41, 5.74) is 7.30. The molecule has 0 unspecified atom stereocenters. The molecule has 0 fully saturated rings. The quantitative estimate of drug-likeness (QED) is 0.863. The maximum absolute atomic E-state index is 12.7. The van der Waals surface area contributed by atoms with Crippen molar-refractivity contribution in [3.8, 4) is 0 Å². The first kappa shape index (κ1) is 13.1. The van der Waals surface area contributed by atoms with Gasteiger partial charge in [-0.15, -0.1) is 0 Å². The minimum atomic E-state index is -0.313. The van der Waals surface area contributed by atoms with Gasteiger partial charge in [0.05, 0.1) is 12.6 Å². The summed E-state index contributed by atoms with van der Waals surface area (Å²) in [6.45, 7) is 0.333. The summed E-state index contributed by atoms with van der Waals surface area (Å²) in [7, 11) is 1.74. The van der Waals surface area contributed by atoms with E-state index in [2.05, 4.69) is 10.4 Å². The van der Waals surface area contributed by atoms with Gasteiger partial charge in [-0.25, -0.2) is 4.39 Å². The van der Waals surface area contributed by atoms with E-state index >= 15 is 0 Å². The van der Waals surface area contributed by atoms with Crippen molar-refractivity contribution in [3.63, 3.8) is 0 Å². The third-order valence-corrected chi connectivity index (χ3v) is 2.82. The smallest absolute Gasteiger partial charge is 0.224 e. The number of benzene rings is 1. The largest absolute Gasteiger partial charge is 0.384 e. The molecule has 2 rings (SSSR count). The van der Waals surface area contributed by atoms with E-state index in [0.29, 0.717) is 12.4 Å². The number of carbonyl (C=O) groups excluding carboxylic acids is 1. The first-order chi connectivity index (χ1) is 9.06. The fourth-order valence-corrected chi connectivity index (χ4v) is 1.67. The molecular formula is C13H15FN4O. The summed E-state index contributed by atoms with van der Waals surface area (Å²) < 4.78 is 14.3. The van der Waals surface area contributed by atoms with Crippen LogP contribution in [-0.2, 0) is 24.8 Å². The summed E-state index contributed by atoms with van der Waals surface area (Å²) in [4.78, 5) is 11.7. The van der Waals surface area contributed by atoms with Crippen molar-refractivity contribution in [2.45, 2.75) is 13.0 Å². The molecule has 1 aromatic heterocycles. The molecule has 2 aromatic rings. The monoisotopic (exact) mass is 262 g/mol. The average Bonchev–Trinajstić information content (AvgIpc) is 2.70. The van der Waals surface area contributed by atoms with Gasteiger partial charge in [0.25, 0.3) is 0 Å². The van der Waals surface area contributed by atoms with Gasteiger partial charge in [0.15, 0.2) is 0 Å². The number of rotatable bonds is 4. The van der Waals surface area contributed by atoms with Crippen LogP contribution in [0.4, 0.5) is 10.2 Å². The fourth-order valence-electron chi connectivity index (χ4n) is 1.67. The second-order valence-electron chi connectivity index (χ2n) is 4.26. The average molecular weight is 262 g/mol. The highest BCUT2D eigenvalue weighted by atomic mass is 19.1. The Morgan fingerprint density at radius 1 is 1.42 bits per heavy atom. The lowest BCUT2D eigenvalue weighted by Crippen LogP contribution is -2.24. The molecule has 19 heavy (non-hydrogen) atoms. The van der Waals surface area contributed by atoms with E-state index in [-0.39, 0.29) is 18.1 Å². The Morgan fingerprint density at radius 2 is 2.11 bits per heavy atom. The molecule has 3 N–H and O–H groups in total. The molecular weight excluding hydrogens is 247 g/mol. The van der Waals surface area contributed by atoms with Gasteiger partial charge < -0.3 is 11.1 Å². The zero-order chi connectivity index (χ0) is 13.8. The second kappa shape index (κ2) is 5.51. The van der Waals surface area contributed by atoms with Gasteiger partial charge in [-0.2, -0.15) is 5.10 Å². The van der Waals surface area contributed by atoms with Crippen molar-refractivity contribution in [2.75, 3.05) is 5.73 Å². The molecule has 0 bridgehead atoms. The summed E-state index contributed by atoms with van der Waals surface area (Å²) in [6.07, 6.45) is 1.83. The number of nitrogens with zero attached hydrogens (tertiary/aromatic N) is 2. The van der Waals surface area contributed by atoms with E-state index in [1.165, 1.54) is 12.1 Å². The van der Waals surface area contributed by atoms with Crippen LogP contribution in [0.15, 0.2) is 30.5 Å². The molecule has 0 saturated heterocycles. The topological polar surface area (TPSA) is 72.9 Å². The number of amides is 1.